The average Bonchev–Trinajstić information content (AvgIpc) is 2.37. The average molecular weight is 256 g/mol. The van der Waals surface area contributed by atoms with Crippen molar-refractivity contribution in [1.82, 2.24) is 9.80 Å². The molecule has 0 atom stereocenters. The molecule has 0 N–H and O–H groups in total. The van der Waals surface area contributed by atoms with Gasteiger partial charge in [0, 0.05) is 6.54 Å². The van der Waals surface area contributed by atoms with Gasteiger partial charge in [-0.25, -0.2) is 0 Å². The largest absolute Gasteiger partial charge is 0.306 e. The second-order valence-corrected chi connectivity index (χ2v) is 6.00. The first-order valence-corrected chi connectivity index (χ1v) is 8.01. The van der Waals surface area contributed by atoms with Crippen LogP contribution in [0.3, 0.4) is 0 Å². The van der Waals surface area contributed by atoms with Crippen LogP contribution < -0.4 is 0 Å². The van der Waals surface area contributed by atoms with Crippen LogP contribution in [0.4, 0.5) is 0 Å². The molecule has 0 aromatic rings. The molecule has 1 saturated heterocycles. The lowest BCUT2D eigenvalue weighted by Crippen LogP contribution is -2.30. The van der Waals surface area contributed by atoms with E-state index >= 15 is 0 Å². The number of unbranched alkanes of at least 4 members (excludes halogenated alkanes) is 1. The lowest BCUT2D eigenvalue weighted by atomic mass is 10.1. The number of nitrogens with zero attached hydrogens (tertiary/aromatic N) is 2. The van der Waals surface area contributed by atoms with Gasteiger partial charge >= 0.3 is 0 Å². The summed E-state index contributed by atoms with van der Waals surface area (Å²) in [6, 6.07) is 0. The van der Waals surface area contributed by atoms with E-state index < -0.39 is 0 Å². The molecule has 2 nitrogen and oxygen atoms in total. The van der Waals surface area contributed by atoms with Crippen molar-refractivity contribution in [3.63, 3.8) is 0 Å². The fraction of sp³-hybridized carbons (Fsp3) is 1.00. The summed E-state index contributed by atoms with van der Waals surface area (Å²) in [5, 5.41) is 0. The van der Waals surface area contributed by atoms with Crippen molar-refractivity contribution >= 4 is 0 Å². The smallest absolute Gasteiger partial charge is 0.000122 e. The monoisotopic (exact) mass is 256 g/mol. The summed E-state index contributed by atoms with van der Waals surface area (Å²) in [5.41, 5.74) is 0. The van der Waals surface area contributed by atoms with Gasteiger partial charge in [0.25, 0.3) is 0 Å². The van der Waals surface area contributed by atoms with Crippen molar-refractivity contribution in [2.45, 2.75) is 59.8 Å². The van der Waals surface area contributed by atoms with Crippen molar-refractivity contribution in [2.24, 2.45) is 5.92 Å². The van der Waals surface area contributed by atoms with Crippen molar-refractivity contribution in [1.29, 1.82) is 0 Å². The van der Waals surface area contributed by atoms with Crippen molar-refractivity contribution in [3.8, 4) is 0 Å². The van der Waals surface area contributed by atoms with E-state index in [2.05, 4.69) is 44.5 Å². The normalized spacial score (nSPS) is 16.8. The highest BCUT2D eigenvalue weighted by Gasteiger charge is 2.07. The summed E-state index contributed by atoms with van der Waals surface area (Å²) in [4.78, 5) is 4.93. The van der Waals surface area contributed by atoms with E-state index in [0.717, 1.165) is 12.5 Å². The number of likely N-dealkylation sites (tertiary alicyclic amines) is 1. The lowest BCUT2D eigenvalue weighted by molar-refractivity contribution is 0.226. The third kappa shape index (κ3) is 11.0. The highest BCUT2D eigenvalue weighted by Crippen LogP contribution is 2.08. The molecular formula is C16H36N2. The van der Waals surface area contributed by atoms with Gasteiger partial charge in [-0.3, -0.25) is 0 Å². The van der Waals surface area contributed by atoms with Crippen LogP contribution in [0.1, 0.15) is 59.8 Å². The first-order valence-electron chi connectivity index (χ1n) is 8.01. The summed E-state index contributed by atoms with van der Waals surface area (Å²) in [7, 11) is 2.15. The first kappa shape index (κ1) is 17.9. The maximum absolute atomic E-state index is 2.60. The van der Waals surface area contributed by atoms with Crippen LogP contribution in [-0.2, 0) is 0 Å². The fourth-order valence-corrected chi connectivity index (χ4v) is 2.32. The lowest BCUT2D eigenvalue weighted by Gasteiger charge is -2.25. The minimum atomic E-state index is 0.806. The van der Waals surface area contributed by atoms with E-state index in [1.165, 1.54) is 58.3 Å². The Balaban J connectivity index is 0.000000331. The molecule has 0 saturated carbocycles. The highest BCUT2D eigenvalue weighted by atomic mass is 15.1. The van der Waals surface area contributed by atoms with Crippen molar-refractivity contribution < 1.29 is 0 Å². The van der Waals surface area contributed by atoms with E-state index in [1.54, 1.807) is 0 Å². The Labute approximate surface area is 116 Å². The van der Waals surface area contributed by atoms with Crippen LogP contribution in [-0.4, -0.2) is 49.6 Å². The number of hydrogen-bond donors (Lipinski definition) is 0. The summed E-state index contributed by atoms with van der Waals surface area (Å²) in [6.45, 7) is 15.4. The maximum atomic E-state index is 2.60. The first-order chi connectivity index (χ1) is 8.60. The van der Waals surface area contributed by atoms with Gasteiger partial charge in [-0.15, -0.1) is 0 Å². The molecule has 0 aliphatic carbocycles. The molecule has 1 heterocycles. The van der Waals surface area contributed by atoms with E-state index in [1.807, 2.05) is 0 Å². The van der Waals surface area contributed by atoms with Crippen LogP contribution in [0.15, 0.2) is 0 Å². The molecule has 0 aromatic heterocycles. The second kappa shape index (κ2) is 12.0. The second-order valence-electron chi connectivity index (χ2n) is 6.00. The zero-order valence-electron chi connectivity index (χ0n) is 13.5. The molecule has 2 heteroatoms. The van der Waals surface area contributed by atoms with Gasteiger partial charge in [0.2, 0.25) is 0 Å². The Morgan fingerprint density at radius 3 is 2.06 bits per heavy atom. The third-order valence-corrected chi connectivity index (χ3v) is 3.49. The summed E-state index contributed by atoms with van der Waals surface area (Å²) in [5.74, 6) is 0.806. The number of piperidine rings is 1. The molecule has 1 aliphatic rings. The topological polar surface area (TPSA) is 6.48 Å². The van der Waals surface area contributed by atoms with Crippen LogP contribution in [0.25, 0.3) is 0 Å². The molecule has 1 rings (SSSR count). The van der Waals surface area contributed by atoms with E-state index in [9.17, 15) is 0 Å². The van der Waals surface area contributed by atoms with Crippen molar-refractivity contribution in [3.05, 3.63) is 0 Å². The minimum Gasteiger partial charge on any atom is -0.306 e. The Morgan fingerprint density at radius 2 is 1.67 bits per heavy atom. The number of rotatable bonds is 6. The Bertz CT molecular complexity index is 162. The van der Waals surface area contributed by atoms with Crippen LogP contribution in [0, 0.1) is 5.92 Å². The van der Waals surface area contributed by atoms with E-state index in [4.69, 9.17) is 0 Å². The van der Waals surface area contributed by atoms with Gasteiger partial charge in [0.1, 0.15) is 0 Å². The quantitative estimate of drug-likeness (QED) is 0.712. The summed E-state index contributed by atoms with van der Waals surface area (Å²) >= 11 is 0. The van der Waals surface area contributed by atoms with Gasteiger partial charge < -0.3 is 9.80 Å². The molecule has 0 amide bonds. The molecule has 110 valence electrons. The van der Waals surface area contributed by atoms with Crippen LogP contribution in [0.2, 0.25) is 0 Å². The van der Waals surface area contributed by atoms with E-state index in [0.29, 0.717) is 0 Å². The predicted molar refractivity (Wildman–Crippen MR) is 83.2 cm³/mol. The molecule has 0 aromatic carbocycles. The third-order valence-electron chi connectivity index (χ3n) is 3.49. The molecule has 18 heavy (non-hydrogen) atoms. The van der Waals surface area contributed by atoms with Crippen molar-refractivity contribution in [2.75, 3.05) is 39.8 Å². The maximum Gasteiger partial charge on any atom is 0.000122 e. The van der Waals surface area contributed by atoms with Gasteiger partial charge in [-0.2, -0.15) is 0 Å². The van der Waals surface area contributed by atoms with Gasteiger partial charge in [-0.1, -0.05) is 40.5 Å². The molecule has 0 spiro atoms. The van der Waals surface area contributed by atoms with Gasteiger partial charge in [0.05, 0.1) is 0 Å². The minimum absolute atomic E-state index is 0.806. The molecule has 0 bridgehead atoms. The molecule has 0 radical (unpaired) electrons. The molecule has 1 aliphatic heterocycles. The Morgan fingerprint density at radius 1 is 1.06 bits per heavy atom. The molecular weight excluding hydrogens is 220 g/mol. The zero-order valence-corrected chi connectivity index (χ0v) is 13.5. The van der Waals surface area contributed by atoms with E-state index in [-0.39, 0.29) is 0 Å². The zero-order chi connectivity index (χ0) is 13.8. The van der Waals surface area contributed by atoms with Crippen LogP contribution in [0.5, 0.6) is 0 Å². The molecule has 0 unspecified atom stereocenters. The highest BCUT2D eigenvalue weighted by molar-refractivity contribution is 4.63. The fourth-order valence-electron chi connectivity index (χ4n) is 2.32. The standard InChI is InChI=1S/C9H19N.C7H17N/c1-2-3-7-10-8-5-4-6-9-10;1-5-8(4)6-7(2)3/h2-9H2,1H3;7H,5-6H2,1-4H3. The predicted octanol–water partition coefficient (Wildman–Crippen LogP) is 3.87. The SMILES string of the molecule is CCCCN1CCCCC1.CCN(C)CC(C)C. The summed E-state index contributed by atoms with van der Waals surface area (Å²) < 4.78 is 0. The van der Waals surface area contributed by atoms with Gasteiger partial charge in [0.15, 0.2) is 0 Å². The number of hydrogen-bond acceptors (Lipinski definition) is 2. The Hall–Kier alpha value is -0.0800. The Kier molecular flexibility index (Phi) is 11.9. The summed E-state index contributed by atoms with van der Waals surface area (Å²) in [6.07, 6.45) is 7.06. The molecule has 1 fully saturated rings. The van der Waals surface area contributed by atoms with Gasteiger partial charge in [-0.05, 0) is 58.4 Å². The van der Waals surface area contributed by atoms with Crippen LogP contribution >= 0.6 is 0 Å².